The number of fused-ring (bicyclic) bond motifs is 1. The number of nitrogens with zero attached hydrogens (tertiary/aromatic N) is 3. The molecule has 6 heteroatoms. The highest BCUT2D eigenvalue weighted by atomic mass is 16.5. The second kappa shape index (κ2) is 6.88. The molecule has 0 radical (unpaired) electrons. The third-order valence-corrected chi connectivity index (χ3v) is 4.89. The molecule has 0 bridgehead atoms. The van der Waals surface area contributed by atoms with E-state index in [0.717, 1.165) is 47.7 Å². The summed E-state index contributed by atoms with van der Waals surface area (Å²) in [6.45, 7) is 5.25. The summed E-state index contributed by atoms with van der Waals surface area (Å²) in [4.78, 5) is 21.7. The zero-order chi connectivity index (χ0) is 18.1. The minimum atomic E-state index is -0.0742. The molecule has 1 N–H and O–H groups in total. The second-order valence-electron chi connectivity index (χ2n) is 6.64. The second-order valence-corrected chi connectivity index (χ2v) is 6.64. The van der Waals surface area contributed by atoms with Crippen LogP contribution in [0.2, 0.25) is 0 Å². The van der Waals surface area contributed by atoms with E-state index in [0.29, 0.717) is 12.1 Å². The Morgan fingerprint density at radius 1 is 1.31 bits per heavy atom. The number of carbonyl (C=O) groups is 1. The Morgan fingerprint density at radius 2 is 2.19 bits per heavy atom. The molecule has 1 saturated heterocycles. The van der Waals surface area contributed by atoms with Gasteiger partial charge in [0.25, 0.3) is 5.91 Å². The molecule has 1 amide bonds. The molecular weight excluding hydrogens is 328 g/mol. The standard InChI is InChI=1S/C20H22N4O2/c1-13-16(20(25)22-12-15-6-5-11-26-15)7-3-9-18(13)24-14(2)23-17-8-4-10-21-19(17)24/h3-4,7-10,15H,5-6,11-12H2,1-2H3,(H,22,25). The van der Waals surface area contributed by atoms with E-state index in [4.69, 9.17) is 4.74 Å². The Hall–Kier alpha value is -2.73. The molecule has 6 nitrogen and oxygen atoms in total. The van der Waals surface area contributed by atoms with E-state index in [-0.39, 0.29) is 12.0 Å². The van der Waals surface area contributed by atoms with Gasteiger partial charge in [0.1, 0.15) is 11.3 Å². The van der Waals surface area contributed by atoms with Gasteiger partial charge in [0.2, 0.25) is 0 Å². The topological polar surface area (TPSA) is 69.0 Å². The smallest absolute Gasteiger partial charge is 0.251 e. The van der Waals surface area contributed by atoms with Crippen molar-refractivity contribution in [2.45, 2.75) is 32.8 Å². The first kappa shape index (κ1) is 16.7. The van der Waals surface area contributed by atoms with E-state index in [1.807, 2.05) is 48.7 Å². The van der Waals surface area contributed by atoms with Crippen LogP contribution in [0.4, 0.5) is 0 Å². The first-order valence-electron chi connectivity index (χ1n) is 8.95. The molecule has 1 fully saturated rings. The van der Waals surface area contributed by atoms with Gasteiger partial charge in [-0.3, -0.25) is 9.36 Å². The van der Waals surface area contributed by atoms with Gasteiger partial charge in [-0.2, -0.15) is 0 Å². The number of aryl methyl sites for hydroxylation is 1. The fraction of sp³-hybridized carbons (Fsp3) is 0.350. The Kier molecular flexibility index (Phi) is 4.42. The predicted molar refractivity (Wildman–Crippen MR) is 99.6 cm³/mol. The van der Waals surface area contributed by atoms with Crippen LogP contribution in [0.15, 0.2) is 36.5 Å². The average Bonchev–Trinajstić information content (AvgIpc) is 3.27. The molecule has 26 heavy (non-hydrogen) atoms. The average molecular weight is 350 g/mol. The van der Waals surface area contributed by atoms with Crippen LogP contribution in [-0.2, 0) is 4.74 Å². The number of hydrogen-bond acceptors (Lipinski definition) is 4. The van der Waals surface area contributed by atoms with Crippen molar-refractivity contribution in [2.24, 2.45) is 0 Å². The number of pyridine rings is 1. The summed E-state index contributed by atoms with van der Waals surface area (Å²) in [5, 5.41) is 3.00. The zero-order valence-corrected chi connectivity index (χ0v) is 15.0. The van der Waals surface area contributed by atoms with Crippen LogP contribution in [0.1, 0.15) is 34.6 Å². The Bertz CT molecular complexity index is 958. The van der Waals surface area contributed by atoms with Crippen LogP contribution < -0.4 is 5.32 Å². The van der Waals surface area contributed by atoms with Gasteiger partial charge in [0, 0.05) is 24.9 Å². The van der Waals surface area contributed by atoms with Crippen LogP contribution >= 0.6 is 0 Å². The van der Waals surface area contributed by atoms with Gasteiger partial charge in [-0.1, -0.05) is 6.07 Å². The van der Waals surface area contributed by atoms with E-state index >= 15 is 0 Å². The third-order valence-electron chi connectivity index (χ3n) is 4.89. The lowest BCUT2D eigenvalue weighted by atomic mass is 10.1. The summed E-state index contributed by atoms with van der Waals surface area (Å²) in [5.41, 5.74) is 4.14. The van der Waals surface area contributed by atoms with Crippen molar-refractivity contribution in [1.29, 1.82) is 0 Å². The minimum Gasteiger partial charge on any atom is -0.376 e. The number of carbonyl (C=O) groups excluding carboxylic acids is 1. The maximum atomic E-state index is 12.7. The summed E-state index contributed by atoms with van der Waals surface area (Å²) in [7, 11) is 0. The lowest BCUT2D eigenvalue weighted by Crippen LogP contribution is -2.32. The Labute approximate surface area is 152 Å². The summed E-state index contributed by atoms with van der Waals surface area (Å²) in [6, 6.07) is 9.57. The molecular formula is C20H22N4O2. The quantitative estimate of drug-likeness (QED) is 0.785. The lowest BCUT2D eigenvalue weighted by Gasteiger charge is -2.15. The third kappa shape index (κ3) is 2.97. The van der Waals surface area contributed by atoms with Gasteiger partial charge < -0.3 is 10.1 Å². The fourth-order valence-electron chi connectivity index (χ4n) is 3.53. The van der Waals surface area contributed by atoms with E-state index in [1.54, 1.807) is 6.20 Å². The number of amides is 1. The largest absolute Gasteiger partial charge is 0.376 e. The van der Waals surface area contributed by atoms with E-state index in [9.17, 15) is 4.79 Å². The molecule has 134 valence electrons. The van der Waals surface area contributed by atoms with Crippen LogP contribution in [0, 0.1) is 13.8 Å². The highest BCUT2D eigenvalue weighted by Crippen LogP contribution is 2.24. The van der Waals surface area contributed by atoms with Gasteiger partial charge in [-0.15, -0.1) is 0 Å². The predicted octanol–water partition coefficient (Wildman–Crippen LogP) is 2.95. The highest BCUT2D eigenvalue weighted by Gasteiger charge is 2.19. The molecule has 1 unspecified atom stereocenters. The Balaban J connectivity index is 1.67. The van der Waals surface area contributed by atoms with Crippen molar-refractivity contribution in [3.8, 4) is 5.69 Å². The molecule has 4 rings (SSSR count). The summed E-state index contributed by atoms with van der Waals surface area (Å²) < 4.78 is 7.58. The first-order valence-corrected chi connectivity index (χ1v) is 8.95. The van der Waals surface area contributed by atoms with Gasteiger partial charge in [-0.05, 0) is 56.5 Å². The monoisotopic (exact) mass is 350 g/mol. The lowest BCUT2D eigenvalue weighted by molar-refractivity contribution is 0.0857. The van der Waals surface area contributed by atoms with Crippen LogP contribution in [0.3, 0.4) is 0 Å². The summed E-state index contributed by atoms with van der Waals surface area (Å²) in [6.07, 6.45) is 3.96. The number of hydrogen-bond donors (Lipinski definition) is 1. The van der Waals surface area contributed by atoms with Crippen LogP contribution in [-0.4, -0.2) is 39.7 Å². The number of ether oxygens (including phenoxy) is 1. The molecule has 0 spiro atoms. The minimum absolute atomic E-state index is 0.0742. The SMILES string of the molecule is Cc1c(C(=O)NCC2CCCO2)cccc1-n1c(C)nc2cccnc21. The van der Waals surface area contributed by atoms with Crippen molar-refractivity contribution in [2.75, 3.05) is 13.2 Å². The fourth-order valence-corrected chi connectivity index (χ4v) is 3.53. The van der Waals surface area contributed by atoms with Crippen molar-refractivity contribution in [3.05, 3.63) is 53.5 Å². The highest BCUT2D eigenvalue weighted by molar-refractivity contribution is 5.96. The van der Waals surface area contributed by atoms with E-state index in [1.165, 1.54) is 0 Å². The van der Waals surface area contributed by atoms with Crippen molar-refractivity contribution in [3.63, 3.8) is 0 Å². The molecule has 1 atom stereocenters. The molecule has 1 aliphatic rings. The number of rotatable bonds is 4. The summed E-state index contributed by atoms with van der Waals surface area (Å²) in [5.74, 6) is 0.772. The molecule has 0 saturated carbocycles. The number of benzene rings is 1. The molecule has 1 aromatic carbocycles. The molecule has 0 aliphatic carbocycles. The maximum absolute atomic E-state index is 12.7. The summed E-state index contributed by atoms with van der Waals surface area (Å²) >= 11 is 0. The van der Waals surface area contributed by atoms with Crippen molar-refractivity contribution >= 4 is 17.1 Å². The van der Waals surface area contributed by atoms with E-state index in [2.05, 4.69) is 15.3 Å². The van der Waals surface area contributed by atoms with Gasteiger partial charge in [0.15, 0.2) is 5.65 Å². The zero-order valence-electron chi connectivity index (χ0n) is 15.0. The molecule has 1 aliphatic heterocycles. The van der Waals surface area contributed by atoms with Gasteiger partial charge in [-0.25, -0.2) is 9.97 Å². The first-order chi connectivity index (χ1) is 12.6. The molecule has 2 aromatic heterocycles. The van der Waals surface area contributed by atoms with Crippen LogP contribution in [0.5, 0.6) is 0 Å². The number of aromatic nitrogens is 3. The molecule has 3 heterocycles. The van der Waals surface area contributed by atoms with Gasteiger partial charge >= 0.3 is 0 Å². The number of nitrogens with one attached hydrogen (secondary N) is 1. The van der Waals surface area contributed by atoms with Crippen LogP contribution in [0.25, 0.3) is 16.9 Å². The van der Waals surface area contributed by atoms with Crippen molar-refractivity contribution in [1.82, 2.24) is 19.9 Å². The van der Waals surface area contributed by atoms with E-state index < -0.39 is 0 Å². The van der Waals surface area contributed by atoms with Gasteiger partial charge in [0.05, 0.1) is 11.8 Å². The molecule has 3 aromatic rings. The maximum Gasteiger partial charge on any atom is 0.251 e. The number of imidazole rings is 1. The normalized spacial score (nSPS) is 16.9. The Morgan fingerprint density at radius 3 is 3.00 bits per heavy atom. The van der Waals surface area contributed by atoms with Crippen molar-refractivity contribution < 1.29 is 9.53 Å².